The van der Waals surface area contributed by atoms with Gasteiger partial charge in [0.1, 0.15) is 13.2 Å². The molecule has 0 fully saturated rings. The van der Waals surface area contributed by atoms with Crippen molar-refractivity contribution in [3.05, 3.63) is 17.5 Å². The van der Waals surface area contributed by atoms with Crippen LogP contribution < -0.4 is 0 Å². The summed E-state index contributed by atoms with van der Waals surface area (Å²) in [6.07, 6.45) is 1.80. The van der Waals surface area contributed by atoms with Crippen LogP contribution in [0.5, 0.6) is 0 Å². The quantitative estimate of drug-likeness (QED) is 0.522. The SMILES string of the molecule is [B]C(F)(P)c1nn(C)cc1C(C)C. The van der Waals surface area contributed by atoms with Gasteiger partial charge < -0.3 is 0 Å². The lowest BCUT2D eigenvalue weighted by Gasteiger charge is -2.15. The lowest BCUT2D eigenvalue weighted by atomic mass is 9.91. The second-order valence-electron chi connectivity index (χ2n) is 3.53. The summed E-state index contributed by atoms with van der Waals surface area (Å²) < 4.78 is 15.0. The molecule has 0 bridgehead atoms. The van der Waals surface area contributed by atoms with Crippen molar-refractivity contribution in [3.63, 3.8) is 0 Å². The van der Waals surface area contributed by atoms with Crippen LogP contribution in [0.2, 0.25) is 0 Å². The summed E-state index contributed by atoms with van der Waals surface area (Å²) in [6.45, 7) is 3.97. The molecule has 0 aromatic carbocycles. The van der Waals surface area contributed by atoms with Gasteiger partial charge in [-0.05, 0) is 11.5 Å². The third-order valence-electron chi connectivity index (χ3n) is 1.84. The first-order chi connectivity index (χ1) is 5.82. The number of rotatable bonds is 2. The molecule has 0 saturated carbocycles. The highest BCUT2D eigenvalue weighted by atomic mass is 31.0. The maximum Gasteiger partial charge on any atom is 0.136 e. The summed E-state index contributed by atoms with van der Waals surface area (Å²) >= 11 is 0. The Morgan fingerprint density at radius 3 is 2.54 bits per heavy atom. The van der Waals surface area contributed by atoms with Crippen molar-refractivity contribution in [2.75, 3.05) is 0 Å². The summed E-state index contributed by atoms with van der Waals surface area (Å²) in [7, 11) is 9.04. The molecular formula is C8H13BFN2P. The fraction of sp³-hybridized carbons (Fsp3) is 0.625. The number of nitrogens with zero attached hydrogens (tertiary/aromatic N) is 2. The first kappa shape index (κ1) is 10.7. The molecule has 2 nitrogen and oxygen atoms in total. The van der Waals surface area contributed by atoms with Gasteiger partial charge in [-0.3, -0.25) is 4.68 Å². The molecule has 2 radical (unpaired) electrons. The van der Waals surface area contributed by atoms with E-state index in [0.29, 0.717) is 5.69 Å². The molecule has 0 aliphatic carbocycles. The van der Waals surface area contributed by atoms with E-state index in [4.69, 9.17) is 7.85 Å². The first-order valence-electron chi connectivity index (χ1n) is 4.13. The number of hydrogen-bond donors (Lipinski definition) is 0. The molecule has 0 N–H and O–H groups in total. The fourth-order valence-corrected chi connectivity index (χ4v) is 1.45. The molecule has 0 spiro atoms. The van der Waals surface area contributed by atoms with Crippen LogP contribution >= 0.6 is 9.24 Å². The Labute approximate surface area is 81.5 Å². The van der Waals surface area contributed by atoms with Crippen molar-refractivity contribution >= 4 is 17.1 Å². The molecule has 0 amide bonds. The molecule has 5 heteroatoms. The largest absolute Gasteiger partial charge is 0.275 e. The van der Waals surface area contributed by atoms with E-state index in [1.165, 1.54) is 0 Å². The van der Waals surface area contributed by atoms with E-state index < -0.39 is 5.31 Å². The molecule has 2 unspecified atom stereocenters. The van der Waals surface area contributed by atoms with Gasteiger partial charge in [0.05, 0.1) is 5.69 Å². The van der Waals surface area contributed by atoms with E-state index in [-0.39, 0.29) is 5.92 Å². The molecule has 0 aliphatic heterocycles. The number of hydrogen-bond acceptors (Lipinski definition) is 1. The topological polar surface area (TPSA) is 17.8 Å². The maximum absolute atomic E-state index is 13.4. The summed E-state index contributed by atoms with van der Waals surface area (Å²) in [5.74, 6) is 0.225. The highest BCUT2D eigenvalue weighted by Gasteiger charge is 2.26. The van der Waals surface area contributed by atoms with Crippen LogP contribution in [0.1, 0.15) is 31.0 Å². The minimum Gasteiger partial charge on any atom is -0.275 e. The number of aryl methyl sites for hydroxylation is 1. The molecular weight excluding hydrogens is 185 g/mol. The van der Waals surface area contributed by atoms with Crippen molar-refractivity contribution in [1.82, 2.24) is 9.78 Å². The average Bonchev–Trinajstić information content (AvgIpc) is 2.29. The summed E-state index contributed by atoms with van der Waals surface area (Å²) in [4.78, 5) is 0. The molecule has 1 aromatic rings. The molecule has 2 atom stereocenters. The highest BCUT2D eigenvalue weighted by molar-refractivity contribution is 7.21. The monoisotopic (exact) mass is 198 g/mol. The number of halogens is 1. The molecule has 1 aromatic heterocycles. The van der Waals surface area contributed by atoms with Crippen LogP contribution in [0.25, 0.3) is 0 Å². The van der Waals surface area contributed by atoms with Crippen LogP contribution in [0.3, 0.4) is 0 Å². The smallest absolute Gasteiger partial charge is 0.136 e. The molecule has 0 aliphatic rings. The Kier molecular flexibility index (Phi) is 2.81. The first-order valence-corrected chi connectivity index (χ1v) is 4.70. The summed E-state index contributed by atoms with van der Waals surface area (Å²) in [5.41, 5.74) is 1.15. The van der Waals surface area contributed by atoms with Gasteiger partial charge in [0, 0.05) is 13.2 Å². The predicted octanol–water partition coefficient (Wildman–Crippen LogP) is 1.67. The number of aromatic nitrogens is 2. The molecule has 0 saturated heterocycles. The Hall–Kier alpha value is -0.365. The second-order valence-corrected chi connectivity index (χ2v) is 4.37. The van der Waals surface area contributed by atoms with E-state index in [9.17, 15) is 4.39 Å². The van der Waals surface area contributed by atoms with Crippen LogP contribution in [-0.2, 0) is 12.4 Å². The molecule has 70 valence electrons. The molecule has 1 heterocycles. The lowest BCUT2D eigenvalue weighted by molar-refractivity contribution is 0.397. The fourth-order valence-electron chi connectivity index (χ4n) is 1.23. The van der Waals surface area contributed by atoms with E-state index in [0.717, 1.165) is 5.56 Å². The standard InChI is InChI=1S/C8H13BFN2P/c1-5(2)6-4-12(3)11-7(6)8(9,10)13/h4-5H,13H2,1-3H3. The Bertz CT molecular complexity index is 304. The van der Waals surface area contributed by atoms with Crippen molar-refractivity contribution < 1.29 is 4.39 Å². The van der Waals surface area contributed by atoms with Crippen LogP contribution in [0.4, 0.5) is 4.39 Å². The van der Waals surface area contributed by atoms with Gasteiger partial charge in [0.2, 0.25) is 0 Å². The summed E-state index contributed by atoms with van der Waals surface area (Å²) in [5, 5.41) is 2.07. The van der Waals surface area contributed by atoms with Crippen LogP contribution in [0, 0.1) is 0 Å². The van der Waals surface area contributed by atoms with Crippen molar-refractivity contribution in [1.29, 1.82) is 0 Å². The normalized spacial score (nSPS) is 16.2. The summed E-state index contributed by atoms with van der Waals surface area (Å²) in [6, 6.07) is 0. The minimum absolute atomic E-state index is 0.225. The molecule has 13 heavy (non-hydrogen) atoms. The van der Waals surface area contributed by atoms with Crippen molar-refractivity contribution in [2.45, 2.75) is 25.1 Å². The Morgan fingerprint density at radius 2 is 2.23 bits per heavy atom. The van der Waals surface area contributed by atoms with Gasteiger partial charge in [-0.2, -0.15) is 5.10 Å². The van der Waals surface area contributed by atoms with Crippen molar-refractivity contribution in [2.24, 2.45) is 7.05 Å². The zero-order chi connectivity index (χ0) is 10.2. The minimum atomic E-state index is -1.93. The third kappa shape index (κ3) is 2.31. The Balaban J connectivity index is 3.20. The second kappa shape index (κ2) is 3.41. The Morgan fingerprint density at radius 1 is 1.69 bits per heavy atom. The van der Waals surface area contributed by atoms with E-state index in [1.54, 1.807) is 17.9 Å². The predicted molar refractivity (Wildman–Crippen MR) is 55.5 cm³/mol. The van der Waals surface area contributed by atoms with E-state index in [1.807, 2.05) is 23.1 Å². The van der Waals surface area contributed by atoms with Crippen LogP contribution in [-0.4, -0.2) is 17.6 Å². The van der Waals surface area contributed by atoms with Gasteiger partial charge >= 0.3 is 0 Å². The average molecular weight is 198 g/mol. The van der Waals surface area contributed by atoms with E-state index in [2.05, 4.69) is 5.10 Å². The molecule has 1 rings (SSSR count). The van der Waals surface area contributed by atoms with Gasteiger partial charge in [0.25, 0.3) is 0 Å². The lowest BCUT2D eigenvalue weighted by Crippen LogP contribution is -2.14. The number of alkyl halides is 1. The highest BCUT2D eigenvalue weighted by Crippen LogP contribution is 2.33. The van der Waals surface area contributed by atoms with Crippen molar-refractivity contribution in [3.8, 4) is 0 Å². The van der Waals surface area contributed by atoms with Gasteiger partial charge in [0.15, 0.2) is 0 Å². The zero-order valence-electron chi connectivity index (χ0n) is 8.08. The zero-order valence-corrected chi connectivity index (χ0v) is 9.24. The van der Waals surface area contributed by atoms with Gasteiger partial charge in [-0.25, -0.2) is 4.39 Å². The van der Waals surface area contributed by atoms with Gasteiger partial charge in [-0.15, -0.1) is 9.24 Å². The third-order valence-corrected chi connectivity index (χ3v) is 2.12. The maximum atomic E-state index is 13.4. The van der Waals surface area contributed by atoms with E-state index >= 15 is 0 Å². The van der Waals surface area contributed by atoms with Gasteiger partial charge in [-0.1, -0.05) is 13.8 Å². The van der Waals surface area contributed by atoms with Crippen LogP contribution in [0.15, 0.2) is 6.20 Å².